The molecule has 2 rings (SSSR count). The van der Waals surface area contributed by atoms with Crippen LogP contribution in [0.1, 0.15) is 43.1 Å². The van der Waals surface area contributed by atoms with Crippen molar-refractivity contribution in [3.8, 4) is 0 Å². The second-order valence-electron chi connectivity index (χ2n) is 4.08. The van der Waals surface area contributed by atoms with Crippen molar-refractivity contribution in [2.75, 3.05) is 0 Å². The predicted molar refractivity (Wildman–Crippen MR) is 57.3 cm³/mol. The van der Waals surface area contributed by atoms with Crippen LogP contribution in [0.15, 0.2) is 17.5 Å². The Balaban J connectivity index is 2.13. The summed E-state index contributed by atoms with van der Waals surface area (Å²) in [6, 6.07) is 3.80. The molecule has 3 heteroatoms. The van der Waals surface area contributed by atoms with Gasteiger partial charge in [-0.15, -0.1) is 11.3 Å². The molecule has 0 radical (unpaired) electrons. The molecule has 1 aliphatic rings. The minimum atomic E-state index is -0.872. The maximum absolute atomic E-state index is 10.3. The molecule has 78 valence electrons. The van der Waals surface area contributed by atoms with Crippen LogP contribution >= 0.6 is 11.3 Å². The van der Waals surface area contributed by atoms with Gasteiger partial charge in [-0.05, 0) is 24.3 Å². The molecule has 14 heavy (non-hydrogen) atoms. The van der Waals surface area contributed by atoms with E-state index < -0.39 is 11.7 Å². The highest BCUT2D eigenvalue weighted by molar-refractivity contribution is 7.10. The highest BCUT2D eigenvalue weighted by atomic mass is 32.1. The van der Waals surface area contributed by atoms with Crippen molar-refractivity contribution in [3.05, 3.63) is 22.4 Å². The summed E-state index contributed by atoms with van der Waals surface area (Å²) >= 11 is 1.51. The van der Waals surface area contributed by atoms with Gasteiger partial charge in [0, 0.05) is 4.88 Å². The number of aliphatic hydroxyl groups excluding tert-OH is 1. The Hall–Kier alpha value is -0.380. The molecule has 1 fully saturated rings. The summed E-state index contributed by atoms with van der Waals surface area (Å²) < 4.78 is 0. The quantitative estimate of drug-likeness (QED) is 0.790. The summed E-state index contributed by atoms with van der Waals surface area (Å²) in [7, 11) is 0. The van der Waals surface area contributed by atoms with E-state index in [0.29, 0.717) is 0 Å². The molecular weight excluding hydrogens is 196 g/mol. The third-order valence-corrected chi connectivity index (χ3v) is 3.97. The van der Waals surface area contributed by atoms with E-state index in [4.69, 9.17) is 0 Å². The lowest BCUT2D eigenvalue weighted by atomic mass is 9.80. The second kappa shape index (κ2) is 4.01. The zero-order chi connectivity index (χ0) is 10.0. The molecule has 0 bridgehead atoms. The molecule has 0 amide bonds. The smallest absolute Gasteiger partial charge is 0.117 e. The van der Waals surface area contributed by atoms with Gasteiger partial charge < -0.3 is 10.2 Å². The highest BCUT2D eigenvalue weighted by Crippen LogP contribution is 2.39. The van der Waals surface area contributed by atoms with Crippen molar-refractivity contribution < 1.29 is 10.2 Å². The normalized spacial score (nSPS) is 23.3. The van der Waals surface area contributed by atoms with Crippen LogP contribution < -0.4 is 0 Å². The van der Waals surface area contributed by atoms with Crippen LogP contribution in [0.3, 0.4) is 0 Å². The number of thiophene rings is 1. The second-order valence-corrected chi connectivity index (χ2v) is 5.06. The van der Waals surface area contributed by atoms with Crippen molar-refractivity contribution >= 4 is 11.3 Å². The van der Waals surface area contributed by atoms with Gasteiger partial charge in [-0.3, -0.25) is 0 Å². The maximum Gasteiger partial charge on any atom is 0.117 e. The van der Waals surface area contributed by atoms with Crippen LogP contribution in [0.2, 0.25) is 0 Å². The first-order valence-electron chi connectivity index (χ1n) is 5.16. The van der Waals surface area contributed by atoms with Gasteiger partial charge in [-0.25, -0.2) is 0 Å². The summed E-state index contributed by atoms with van der Waals surface area (Å²) in [5.41, 5.74) is -0.872. The van der Waals surface area contributed by atoms with Gasteiger partial charge >= 0.3 is 0 Å². The fourth-order valence-corrected chi connectivity index (χ4v) is 2.97. The van der Waals surface area contributed by atoms with E-state index >= 15 is 0 Å². The van der Waals surface area contributed by atoms with Crippen molar-refractivity contribution in [2.24, 2.45) is 0 Å². The Kier molecular flexibility index (Phi) is 2.91. The predicted octanol–water partition coefficient (Wildman–Crippen LogP) is 2.48. The lowest BCUT2D eigenvalue weighted by molar-refractivity contribution is -0.0977. The van der Waals surface area contributed by atoms with E-state index in [1.54, 1.807) is 0 Å². The highest BCUT2D eigenvalue weighted by Gasteiger charge is 2.37. The van der Waals surface area contributed by atoms with Gasteiger partial charge in [0.2, 0.25) is 0 Å². The molecule has 1 atom stereocenters. The van der Waals surface area contributed by atoms with Crippen LogP contribution in [0.5, 0.6) is 0 Å². The maximum atomic E-state index is 10.3. The van der Waals surface area contributed by atoms with Gasteiger partial charge in [-0.2, -0.15) is 0 Å². The third kappa shape index (κ3) is 1.85. The fourth-order valence-electron chi connectivity index (χ4n) is 2.15. The van der Waals surface area contributed by atoms with E-state index in [1.165, 1.54) is 17.8 Å². The molecular formula is C11H16O2S. The minimum absolute atomic E-state index is 0.692. The number of aliphatic hydroxyl groups is 2. The van der Waals surface area contributed by atoms with Crippen LogP contribution in [0.25, 0.3) is 0 Å². The first-order chi connectivity index (χ1) is 6.72. The molecule has 1 heterocycles. The summed E-state index contributed by atoms with van der Waals surface area (Å²) in [6.07, 6.45) is 4.00. The topological polar surface area (TPSA) is 40.5 Å². The van der Waals surface area contributed by atoms with Gasteiger partial charge in [0.15, 0.2) is 0 Å². The first kappa shape index (κ1) is 10.1. The molecule has 0 saturated heterocycles. The summed E-state index contributed by atoms with van der Waals surface area (Å²) in [4.78, 5) is 0.884. The standard InChI is InChI=1S/C11H16O2S/c12-10(9-5-4-8-14-9)11(13)6-2-1-3-7-11/h4-5,8,10,12-13H,1-3,6-7H2. The van der Waals surface area contributed by atoms with Gasteiger partial charge in [0.25, 0.3) is 0 Å². The molecule has 1 aromatic heterocycles. The Bertz CT molecular complexity index is 275. The Labute approximate surface area is 88.2 Å². The molecule has 1 aliphatic carbocycles. The Morgan fingerprint density at radius 1 is 1.29 bits per heavy atom. The number of rotatable bonds is 2. The minimum Gasteiger partial charge on any atom is -0.387 e. The van der Waals surface area contributed by atoms with E-state index in [-0.39, 0.29) is 0 Å². The largest absolute Gasteiger partial charge is 0.387 e. The molecule has 1 aromatic rings. The fraction of sp³-hybridized carbons (Fsp3) is 0.636. The SMILES string of the molecule is OC(c1cccs1)C1(O)CCCCC1. The molecule has 1 saturated carbocycles. The van der Waals surface area contributed by atoms with Gasteiger partial charge in [0.05, 0.1) is 5.60 Å². The molecule has 2 N–H and O–H groups in total. The van der Waals surface area contributed by atoms with Crippen molar-refractivity contribution in [1.29, 1.82) is 0 Å². The average Bonchev–Trinajstić information content (AvgIpc) is 2.70. The number of hydrogen-bond acceptors (Lipinski definition) is 3. The summed E-state index contributed by atoms with van der Waals surface area (Å²) in [6.45, 7) is 0. The van der Waals surface area contributed by atoms with Crippen LogP contribution in [-0.2, 0) is 0 Å². The monoisotopic (exact) mass is 212 g/mol. The van der Waals surface area contributed by atoms with E-state index in [2.05, 4.69) is 0 Å². The van der Waals surface area contributed by atoms with Crippen LogP contribution in [-0.4, -0.2) is 15.8 Å². The Morgan fingerprint density at radius 2 is 2.00 bits per heavy atom. The van der Waals surface area contributed by atoms with Crippen molar-refractivity contribution in [1.82, 2.24) is 0 Å². The summed E-state index contributed by atoms with van der Waals surface area (Å²) in [5.74, 6) is 0. The van der Waals surface area contributed by atoms with Crippen LogP contribution in [0.4, 0.5) is 0 Å². The molecule has 2 nitrogen and oxygen atoms in total. The first-order valence-corrected chi connectivity index (χ1v) is 6.04. The number of hydrogen-bond donors (Lipinski definition) is 2. The molecule has 0 aromatic carbocycles. The molecule has 0 spiro atoms. The lowest BCUT2D eigenvalue weighted by Crippen LogP contribution is -2.37. The van der Waals surface area contributed by atoms with Crippen LogP contribution in [0, 0.1) is 0 Å². The zero-order valence-electron chi connectivity index (χ0n) is 8.15. The molecule has 0 aliphatic heterocycles. The Morgan fingerprint density at radius 3 is 2.57 bits per heavy atom. The summed E-state index contributed by atoms with van der Waals surface area (Å²) in [5, 5.41) is 22.3. The van der Waals surface area contributed by atoms with E-state index in [1.807, 2.05) is 17.5 Å². The van der Waals surface area contributed by atoms with Gasteiger partial charge in [-0.1, -0.05) is 25.3 Å². The van der Waals surface area contributed by atoms with E-state index in [9.17, 15) is 10.2 Å². The zero-order valence-corrected chi connectivity index (χ0v) is 8.96. The van der Waals surface area contributed by atoms with Gasteiger partial charge in [0.1, 0.15) is 6.10 Å². The van der Waals surface area contributed by atoms with Crippen molar-refractivity contribution in [2.45, 2.75) is 43.8 Å². The van der Waals surface area contributed by atoms with E-state index in [0.717, 1.165) is 30.6 Å². The lowest BCUT2D eigenvalue weighted by Gasteiger charge is -2.35. The average molecular weight is 212 g/mol. The van der Waals surface area contributed by atoms with Crippen molar-refractivity contribution in [3.63, 3.8) is 0 Å². The third-order valence-electron chi connectivity index (χ3n) is 3.04. The molecule has 1 unspecified atom stereocenters.